The maximum Gasteiger partial charge on any atom is 0.147 e. The Labute approximate surface area is 103 Å². The van der Waals surface area contributed by atoms with Crippen LogP contribution < -0.4 is 0 Å². The van der Waals surface area contributed by atoms with Crippen molar-refractivity contribution in [2.45, 2.75) is 13.2 Å². The summed E-state index contributed by atoms with van der Waals surface area (Å²) in [6.07, 6.45) is 2.98. The standard InChI is InChI=1S/C12H10ClFN2O/c13-12-6-15-10(5-16-12)8-17-7-9-3-1-2-4-11(9)14/h1-6H,7-8H2. The molecule has 0 spiro atoms. The van der Waals surface area contributed by atoms with Gasteiger partial charge in [0.25, 0.3) is 0 Å². The lowest BCUT2D eigenvalue weighted by molar-refractivity contribution is 0.102. The Hall–Kier alpha value is -1.52. The maximum atomic E-state index is 13.2. The molecular weight excluding hydrogens is 243 g/mol. The van der Waals surface area contributed by atoms with Crippen molar-refractivity contribution in [2.75, 3.05) is 0 Å². The molecule has 2 aromatic rings. The third-order valence-corrected chi connectivity index (χ3v) is 2.33. The summed E-state index contributed by atoms with van der Waals surface area (Å²) in [7, 11) is 0. The zero-order chi connectivity index (χ0) is 12.1. The van der Waals surface area contributed by atoms with Crippen LogP contribution in [0.4, 0.5) is 4.39 Å². The highest BCUT2D eigenvalue weighted by atomic mass is 35.5. The van der Waals surface area contributed by atoms with E-state index < -0.39 is 0 Å². The van der Waals surface area contributed by atoms with Crippen molar-refractivity contribution < 1.29 is 9.13 Å². The average molecular weight is 253 g/mol. The lowest BCUT2D eigenvalue weighted by Crippen LogP contribution is -1.98. The van der Waals surface area contributed by atoms with Gasteiger partial charge in [0.05, 0.1) is 31.3 Å². The Bertz CT molecular complexity index is 490. The molecule has 0 fully saturated rings. The average Bonchev–Trinajstić information content (AvgIpc) is 2.34. The lowest BCUT2D eigenvalue weighted by Gasteiger charge is -2.04. The van der Waals surface area contributed by atoms with Crippen LogP contribution in [0.3, 0.4) is 0 Å². The third kappa shape index (κ3) is 3.47. The summed E-state index contributed by atoms with van der Waals surface area (Å²) in [5.74, 6) is -0.269. The fourth-order valence-electron chi connectivity index (χ4n) is 1.29. The molecule has 0 unspecified atom stereocenters. The highest BCUT2D eigenvalue weighted by molar-refractivity contribution is 6.29. The van der Waals surface area contributed by atoms with Crippen molar-refractivity contribution in [3.05, 3.63) is 58.9 Å². The van der Waals surface area contributed by atoms with Crippen molar-refractivity contribution in [3.8, 4) is 0 Å². The number of rotatable bonds is 4. The number of hydrogen-bond donors (Lipinski definition) is 0. The monoisotopic (exact) mass is 252 g/mol. The van der Waals surface area contributed by atoms with Gasteiger partial charge in [-0.25, -0.2) is 9.37 Å². The van der Waals surface area contributed by atoms with Gasteiger partial charge in [0.2, 0.25) is 0 Å². The van der Waals surface area contributed by atoms with E-state index in [0.29, 0.717) is 16.4 Å². The molecule has 0 atom stereocenters. The van der Waals surface area contributed by atoms with E-state index in [1.165, 1.54) is 18.5 Å². The molecule has 0 aliphatic heterocycles. The van der Waals surface area contributed by atoms with Crippen molar-refractivity contribution in [1.29, 1.82) is 0 Å². The summed E-state index contributed by atoms with van der Waals surface area (Å²) in [6.45, 7) is 0.482. The van der Waals surface area contributed by atoms with E-state index in [9.17, 15) is 4.39 Å². The molecule has 2 rings (SSSR count). The number of halogens is 2. The molecule has 0 aliphatic carbocycles. The van der Waals surface area contributed by atoms with Gasteiger partial charge in [0.1, 0.15) is 11.0 Å². The number of hydrogen-bond acceptors (Lipinski definition) is 3. The third-order valence-electron chi connectivity index (χ3n) is 2.14. The largest absolute Gasteiger partial charge is 0.370 e. The Morgan fingerprint density at radius 1 is 1.12 bits per heavy atom. The molecule has 0 radical (unpaired) electrons. The first-order chi connectivity index (χ1) is 8.25. The van der Waals surface area contributed by atoms with Gasteiger partial charge in [0, 0.05) is 5.56 Å². The van der Waals surface area contributed by atoms with Gasteiger partial charge in [-0.05, 0) is 6.07 Å². The molecule has 3 nitrogen and oxygen atoms in total. The second-order valence-electron chi connectivity index (χ2n) is 3.41. The minimum Gasteiger partial charge on any atom is -0.370 e. The Balaban J connectivity index is 1.88. The van der Waals surface area contributed by atoms with E-state index in [1.54, 1.807) is 18.2 Å². The zero-order valence-corrected chi connectivity index (χ0v) is 9.69. The number of aromatic nitrogens is 2. The topological polar surface area (TPSA) is 35.0 Å². The Kier molecular flexibility index (Phi) is 4.01. The van der Waals surface area contributed by atoms with Crippen molar-refractivity contribution in [2.24, 2.45) is 0 Å². The van der Waals surface area contributed by atoms with Crippen LogP contribution in [-0.2, 0) is 18.0 Å². The minimum atomic E-state index is -0.269. The van der Waals surface area contributed by atoms with E-state index >= 15 is 0 Å². The van der Waals surface area contributed by atoms with E-state index in [-0.39, 0.29) is 19.0 Å². The molecule has 1 heterocycles. The summed E-state index contributed by atoms with van der Waals surface area (Å²) >= 11 is 5.60. The molecule has 1 aromatic carbocycles. The van der Waals surface area contributed by atoms with E-state index in [2.05, 4.69) is 9.97 Å². The van der Waals surface area contributed by atoms with Gasteiger partial charge in [0.15, 0.2) is 0 Å². The summed E-state index contributed by atoms with van der Waals surface area (Å²) < 4.78 is 18.6. The Morgan fingerprint density at radius 2 is 1.94 bits per heavy atom. The lowest BCUT2D eigenvalue weighted by atomic mass is 10.2. The van der Waals surface area contributed by atoms with Crippen LogP contribution in [0.25, 0.3) is 0 Å². The molecule has 0 aliphatic rings. The number of benzene rings is 1. The van der Waals surface area contributed by atoms with E-state index in [0.717, 1.165) is 0 Å². The Morgan fingerprint density at radius 3 is 2.65 bits per heavy atom. The van der Waals surface area contributed by atoms with Gasteiger partial charge < -0.3 is 4.74 Å². The van der Waals surface area contributed by atoms with Gasteiger partial charge in [-0.3, -0.25) is 4.98 Å². The normalized spacial score (nSPS) is 10.5. The van der Waals surface area contributed by atoms with Crippen LogP contribution in [-0.4, -0.2) is 9.97 Å². The van der Waals surface area contributed by atoms with Crippen LogP contribution in [0.2, 0.25) is 5.15 Å². The molecule has 17 heavy (non-hydrogen) atoms. The van der Waals surface area contributed by atoms with Gasteiger partial charge in [-0.1, -0.05) is 29.8 Å². The molecule has 0 N–H and O–H groups in total. The minimum absolute atomic E-state index is 0.205. The van der Waals surface area contributed by atoms with Gasteiger partial charge >= 0.3 is 0 Å². The SMILES string of the molecule is Fc1ccccc1COCc1cnc(Cl)cn1. The second kappa shape index (κ2) is 5.70. The molecule has 0 bridgehead atoms. The quantitative estimate of drug-likeness (QED) is 0.839. The second-order valence-corrected chi connectivity index (χ2v) is 3.80. The van der Waals surface area contributed by atoms with Crippen molar-refractivity contribution >= 4 is 11.6 Å². The summed E-state index contributed by atoms with van der Waals surface area (Å²) in [5, 5.41) is 0.336. The first-order valence-corrected chi connectivity index (χ1v) is 5.41. The molecular formula is C12H10ClFN2O. The molecule has 1 aromatic heterocycles. The van der Waals surface area contributed by atoms with Crippen LogP contribution in [0.1, 0.15) is 11.3 Å². The predicted molar refractivity (Wildman–Crippen MR) is 61.9 cm³/mol. The highest BCUT2D eigenvalue weighted by Crippen LogP contribution is 2.09. The first-order valence-electron chi connectivity index (χ1n) is 5.03. The van der Waals surface area contributed by atoms with E-state index in [1.807, 2.05) is 0 Å². The molecule has 88 valence electrons. The highest BCUT2D eigenvalue weighted by Gasteiger charge is 2.01. The first kappa shape index (κ1) is 12.0. The number of nitrogens with zero attached hydrogens (tertiary/aromatic N) is 2. The summed E-state index contributed by atoms with van der Waals surface area (Å²) in [6, 6.07) is 6.50. The van der Waals surface area contributed by atoms with E-state index in [4.69, 9.17) is 16.3 Å². The van der Waals surface area contributed by atoms with Crippen LogP contribution in [0.5, 0.6) is 0 Å². The van der Waals surface area contributed by atoms with Crippen LogP contribution in [0.15, 0.2) is 36.7 Å². The fourth-order valence-corrected chi connectivity index (χ4v) is 1.39. The van der Waals surface area contributed by atoms with Gasteiger partial charge in [-0.15, -0.1) is 0 Å². The van der Waals surface area contributed by atoms with Crippen molar-refractivity contribution in [3.63, 3.8) is 0 Å². The maximum absolute atomic E-state index is 13.2. The molecule has 0 saturated heterocycles. The fraction of sp³-hybridized carbons (Fsp3) is 0.167. The smallest absolute Gasteiger partial charge is 0.147 e. The summed E-state index contributed by atoms with van der Waals surface area (Å²) in [4.78, 5) is 7.89. The molecule has 0 amide bonds. The van der Waals surface area contributed by atoms with Crippen molar-refractivity contribution in [1.82, 2.24) is 9.97 Å². The van der Waals surface area contributed by atoms with Crippen LogP contribution >= 0.6 is 11.6 Å². The summed E-state index contributed by atoms with van der Waals surface area (Å²) in [5.41, 5.74) is 1.18. The predicted octanol–water partition coefficient (Wildman–Crippen LogP) is 2.99. The zero-order valence-electron chi connectivity index (χ0n) is 8.94. The molecule has 0 saturated carbocycles. The van der Waals surface area contributed by atoms with Gasteiger partial charge in [-0.2, -0.15) is 0 Å². The molecule has 5 heteroatoms. The van der Waals surface area contributed by atoms with Crippen LogP contribution in [0, 0.1) is 5.82 Å². The number of ether oxygens (including phenoxy) is 1.